The molecule has 1 aromatic heterocycles. The quantitative estimate of drug-likeness (QED) is 0.727. The zero-order valence-electron chi connectivity index (χ0n) is 15.9. The van der Waals surface area contributed by atoms with Gasteiger partial charge in [0.15, 0.2) is 5.78 Å². The minimum Gasteiger partial charge on any atom is -0.354 e. The van der Waals surface area contributed by atoms with Gasteiger partial charge < -0.3 is 5.32 Å². The first-order valence-corrected chi connectivity index (χ1v) is 10.7. The van der Waals surface area contributed by atoms with E-state index in [1.54, 1.807) is 6.92 Å². The number of Topliss-reactive ketones (excluding diaryl/α,β-unsaturated/α-hetero) is 1. The Kier molecular flexibility index (Phi) is 7.18. The van der Waals surface area contributed by atoms with Crippen LogP contribution in [0.5, 0.6) is 0 Å². The summed E-state index contributed by atoms with van der Waals surface area (Å²) in [6.07, 6.45) is 5.35. The van der Waals surface area contributed by atoms with Crippen molar-refractivity contribution < 1.29 is 9.59 Å². The molecule has 0 bridgehead atoms. The van der Waals surface area contributed by atoms with Gasteiger partial charge in [-0.25, -0.2) is 0 Å². The minimum atomic E-state index is 0.0126. The lowest BCUT2D eigenvalue weighted by Crippen LogP contribution is -2.39. The van der Waals surface area contributed by atoms with Crippen LogP contribution in [-0.4, -0.2) is 36.2 Å². The zero-order chi connectivity index (χ0) is 19.1. The van der Waals surface area contributed by atoms with Crippen LogP contribution >= 0.6 is 11.3 Å². The van der Waals surface area contributed by atoms with E-state index in [1.807, 2.05) is 17.5 Å². The van der Waals surface area contributed by atoms with Crippen LogP contribution in [0.3, 0.4) is 0 Å². The monoisotopic (exact) mass is 384 g/mol. The highest BCUT2D eigenvalue weighted by atomic mass is 32.1. The van der Waals surface area contributed by atoms with Crippen LogP contribution < -0.4 is 5.32 Å². The van der Waals surface area contributed by atoms with Crippen molar-refractivity contribution in [1.29, 1.82) is 0 Å². The Balaban J connectivity index is 1.62. The van der Waals surface area contributed by atoms with Crippen molar-refractivity contribution in [1.82, 2.24) is 10.2 Å². The average Bonchev–Trinajstić information content (AvgIpc) is 2.97. The van der Waals surface area contributed by atoms with Crippen LogP contribution in [-0.2, 0) is 11.2 Å². The number of hydrogen-bond acceptors (Lipinski definition) is 4. The molecule has 1 saturated heterocycles. The lowest BCUT2D eigenvalue weighted by atomic mass is 10.0. The maximum atomic E-state index is 12.5. The van der Waals surface area contributed by atoms with Crippen molar-refractivity contribution in [3.05, 3.63) is 57.8 Å². The van der Waals surface area contributed by atoms with Crippen LogP contribution in [0, 0.1) is 0 Å². The molecular formula is C22H28N2O2S. The van der Waals surface area contributed by atoms with Crippen LogP contribution in [0.4, 0.5) is 0 Å². The van der Waals surface area contributed by atoms with E-state index < -0.39 is 0 Å². The summed E-state index contributed by atoms with van der Waals surface area (Å²) in [6.45, 7) is 4.34. The third kappa shape index (κ3) is 5.75. The Hall–Kier alpha value is -1.98. The molecule has 1 unspecified atom stereocenters. The van der Waals surface area contributed by atoms with E-state index in [2.05, 4.69) is 34.5 Å². The molecule has 0 spiro atoms. The molecule has 1 aliphatic heterocycles. The van der Waals surface area contributed by atoms with Crippen LogP contribution in [0.25, 0.3) is 0 Å². The highest BCUT2D eigenvalue weighted by Gasteiger charge is 2.22. The third-order valence-corrected chi connectivity index (χ3v) is 6.20. The van der Waals surface area contributed by atoms with Crippen molar-refractivity contribution in [3.8, 4) is 0 Å². The first kappa shape index (κ1) is 19.8. The van der Waals surface area contributed by atoms with Gasteiger partial charge in [0.05, 0.1) is 17.3 Å². The highest BCUT2D eigenvalue weighted by Crippen LogP contribution is 2.24. The van der Waals surface area contributed by atoms with Crippen molar-refractivity contribution in [3.63, 3.8) is 0 Å². The van der Waals surface area contributed by atoms with Crippen molar-refractivity contribution in [2.24, 2.45) is 0 Å². The number of hydrogen-bond donors (Lipinski definition) is 1. The Bertz CT molecular complexity index is 749. The van der Waals surface area contributed by atoms with Gasteiger partial charge in [0.2, 0.25) is 5.91 Å². The summed E-state index contributed by atoms with van der Waals surface area (Å²) in [7, 11) is 0. The standard InChI is InChI=1S/C22H28N2O2S/c1-17(25)21-13-18(16-27-21)14-22(26)23-15-20(19-9-5-4-6-10-19)24-11-7-2-3-8-12-24/h4-6,9-10,13,16,20H,2-3,7-8,11-12,14-15H2,1H3,(H,23,26). The van der Waals surface area contributed by atoms with Gasteiger partial charge in [-0.15, -0.1) is 11.3 Å². The first-order valence-electron chi connectivity index (χ1n) is 9.77. The molecule has 2 aromatic rings. The number of benzene rings is 1. The van der Waals surface area contributed by atoms with Crippen molar-refractivity contribution in [2.75, 3.05) is 19.6 Å². The Morgan fingerprint density at radius 3 is 2.44 bits per heavy atom. The van der Waals surface area contributed by atoms with Gasteiger partial charge in [-0.1, -0.05) is 43.2 Å². The number of carbonyl (C=O) groups is 2. The second-order valence-corrected chi connectivity index (χ2v) is 8.14. The highest BCUT2D eigenvalue weighted by molar-refractivity contribution is 7.12. The number of ketones is 1. The molecule has 1 aromatic carbocycles. The molecule has 27 heavy (non-hydrogen) atoms. The fraction of sp³-hybridized carbons (Fsp3) is 0.455. The SMILES string of the molecule is CC(=O)c1cc(CC(=O)NCC(c2ccccc2)N2CCCCCC2)cs1. The molecule has 1 aliphatic rings. The van der Waals surface area contributed by atoms with E-state index in [1.165, 1.54) is 42.6 Å². The molecule has 4 nitrogen and oxygen atoms in total. The number of thiophene rings is 1. The molecule has 2 heterocycles. The summed E-state index contributed by atoms with van der Waals surface area (Å²) in [5.74, 6) is 0.0654. The zero-order valence-corrected chi connectivity index (χ0v) is 16.8. The molecule has 1 amide bonds. The summed E-state index contributed by atoms with van der Waals surface area (Å²) >= 11 is 1.41. The molecule has 3 rings (SSSR count). The molecule has 0 aliphatic carbocycles. The number of nitrogens with one attached hydrogen (secondary N) is 1. The number of carbonyl (C=O) groups excluding carboxylic acids is 2. The molecule has 0 radical (unpaired) electrons. The Labute approximate surface area is 165 Å². The molecule has 5 heteroatoms. The van der Waals surface area contributed by atoms with E-state index in [9.17, 15) is 9.59 Å². The molecule has 144 valence electrons. The fourth-order valence-electron chi connectivity index (χ4n) is 3.65. The van der Waals surface area contributed by atoms with Gasteiger partial charge in [0, 0.05) is 6.54 Å². The minimum absolute atomic E-state index is 0.0126. The second kappa shape index (κ2) is 9.81. The predicted molar refractivity (Wildman–Crippen MR) is 110 cm³/mol. The van der Waals surface area contributed by atoms with Gasteiger partial charge in [0.25, 0.3) is 0 Å². The molecule has 1 fully saturated rings. The lowest BCUT2D eigenvalue weighted by molar-refractivity contribution is -0.120. The number of likely N-dealkylation sites (tertiary alicyclic amines) is 1. The van der Waals surface area contributed by atoms with E-state index in [4.69, 9.17) is 0 Å². The van der Waals surface area contributed by atoms with Crippen molar-refractivity contribution >= 4 is 23.0 Å². The molecule has 1 N–H and O–H groups in total. The molecule has 0 saturated carbocycles. The van der Waals surface area contributed by atoms with Crippen LogP contribution in [0.1, 0.15) is 59.4 Å². The van der Waals surface area contributed by atoms with Gasteiger partial charge >= 0.3 is 0 Å². The molecular weight excluding hydrogens is 356 g/mol. The van der Waals surface area contributed by atoms with E-state index in [-0.39, 0.29) is 17.7 Å². The second-order valence-electron chi connectivity index (χ2n) is 7.23. The first-order chi connectivity index (χ1) is 13.1. The van der Waals surface area contributed by atoms with Crippen LogP contribution in [0.15, 0.2) is 41.8 Å². The summed E-state index contributed by atoms with van der Waals surface area (Å²) in [5.41, 5.74) is 2.17. The topological polar surface area (TPSA) is 49.4 Å². The summed E-state index contributed by atoms with van der Waals surface area (Å²) in [6, 6.07) is 12.5. The van der Waals surface area contributed by atoms with Gasteiger partial charge in [-0.3, -0.25) is 14.5 Å². The third-order valence-electron chi connectivity index (χ3n) is 5.12. The van der Waals surface area contributed by atoms with E-state index >= 15 is 0 Å². The maximum Gasteiger partial charge on any atom is 0.224 e. The van der Waals surface area contributed by atoms with E-state index in [0.29, 0.717) is 17.8 Å². The largest absolute Gasteiger partial charge is 0.354 e. The molecule has 1 atom stereocenters. The lowest BCUT2D eigenvalue weighted by Gasteiger charge is -2.31. The smallest absolute Gasteiger partial charge is 0.224 e. The van der Waals surface area contributed by atoms with Gasteiger partial charge in [0.1, 0.15) is 0 Å². The Morgan fingerprint density at radius 2 is 1.81 bits per heavy atom. The average molecular weight is 385 g/mol. The maximum absolute atomic E-state index is 12.5. The Morgan fingerprint density at radius 1 is 1.11 bits per heavy atom. The number of amides is 1. The number of nitrogens with zero attached hydrogens (tertiary/aromatic N) is 1. The summed E-state index contributed by atoms with van der Waals surface area (Å²) < 4.78 is 0. The van der Waals surface area contributed by atoms with E-state index in [0.717, 1.165) is 18.7 Å². The summed E-state index contributed by atoms with van der Waals surface area (Å²) in [4.78, 5) is 27.1. The fourth-order valence-corrected chi connectivity index (χ4v) is 4.47. The van der Waals surface area contributed by atoms with Gasteiger partial charge in [-0.05, 0) is 55.4 Å². The van der Waals surface area contributed by atoms with Gasteiger partial charge in [-0.2, -0.15) is 0 Å². The van der Waals surface area contributed by atoms with Crippen molar-refractivity contribution in [2.45, 2.75) is 45.1 Å². The normalized spacial score (nSPS) is 16.5. The van der Waals surface area contributed by atoms with Crippen LogP contribution in [0.2, 0.25) is 0 Å². The number of rotatable bonds is 7. The predicted octanol–water partition coefficient (Wildman–Crippen LogP) is 4.23. The summed E-state index contributed by atoms with van der Waals surface area (Å²) in [5, 5.41) is 5.03.